The maximum Gasteiger partial charge on any atom is 0.188 e. The number of hydrogen-bond donors (Lipinski definition) is 2. The largest absolute Gasteiger partial charge is 0.379 e. The maximum absolute atomic E-state index is 5.64. The fraction of sp³-hybridized carbons (Fsp3) is 0.727. The molecule has 0 fully saturated rings. The molecule has 0 spiro atoms. The molecule has 96 valence electrons. The van der Waals surface area contributed by atoms with Crippen molar-refractivity contribution in [2.24, 2.45) is 16.1 Å². The van der Waals surface area contributed by atoms with E-state index in [1.807, 2.05) is 0 Å². The molecule has 0 aliphatic rings. The summed E-state index contributed by atoms with van der Waals surface area (Å²) in [6.07, 6.45) is 1.81. The van der Waals surface area contributed by atoms with Gasteiger partial charge in [0.2, 0.25) is 0 Å². The van der Waals surface area contributed by atoms with E-state index in [4.69, 9.17) is 10.5 Å². The third-order valence-corrected chi connectivity index (χ3v) is 2.11. The summed E-state index contributed by atoms with van der Waals surface area (Å²) in [5, 5.41) is 2.92. The minimum absolute atomic E-state index is 0. The lowest BCUT2D eigenvalue weighted by atomic mass is 9.89. The van der Waals surface area contributed by atoms with Gasteiger partial charge in [0.25, 0.3) is 0 Å². The van der Waals surface area contributed by atoms with Gasteiger partial charge < -0.3 is 15.8 Å². The maximum atomic E-state index is 5.64. The van der Waals surface area contributed by atoms with Crippen molar-refractivity contribution in [2.75, 3.05) is 20.2 Å². The molecule has 0 radical (unpaired) electrons. The van der Waals surface area contributed by atoms with Crippen LogP contribution < -0.4 is 11.1 Å². The highest BCUT2D eigenvalue weighted by molar-refractivity contribution is 14.0. The predicted octanol–water partition coefficient (Wildman–Crippen LogP) is 1.76. The van der Waals surface area contributed by atoms with Crippen LogP contribution in [0.2, 0.25) is 0 Å². The van der Waals surface area contributed by atoms with Crippen LogP contribution in [0.1, 0.15) is 20.8 Å². The number of hydrogen-bond acceptors (Lipinski definition) is 2. The molecule has 0 saturated carbocycles. The summed E-state index contributed by atoms with van der Waals surface area (Å²) >= 11 is 0. The van der Waals surface area contributed by atoms with Gasteiger partial charge in [-0.15, -0.1) is 30.6 Å². The predicted molar refractivity (Wildman–Crippen MR) is 80.4 cm³/mol. The third kappa shape index (κ3) is 7.92. The second-order valence-electron chi connectivity index (χ2n) is 4.49. The van der Waals surface area contributed by atoms with Crippen molar-refractivity contribution in [2.45, 2.75) is 26.9 Å². The number of halogens is 1. The Kier molecular flexibility index (Phi) is 9.95. The molecule has 0 aromatic heterocycles. The first-order valence-electron chi connectivity index (χ1n) is 5.09. The molecule has 1 atom stereocenters. The molecule has 0 aromatic rings. The molecule has 5 heteroatoms. The molecular weight excluding hydrogens is 317 g/mol. The Labute approximate surface area is 116 Å². The average Bonchev–Trinajstić information content (AvgIpc) is 2.13. The van der Waals surface area contributed by atoms with Gasteiger partial charge in [0, 0.05) is 13.7 Å². The van der Waals surface area contributed by atoms with Crippen LogP contribution in [0.3, 0.4) is 0 Å². The fourth-order valence-corrected chi connectivity index (χ4v) is 1.12. The van der Waals surface area contributed by atoms with Gasteiger partial charge in [-0.3, -0.25) is 4.99 Å². The molecule has 0 aromatic carbocycles. The first kappa shape index (κ1) is 18.1. The molecular formula is C11H24IN3O. The number of aliphatic imine (C=N–C) groups is 1. The van der Waals surface area contributed by atoms with Gasteiger partial charge in [-0.1, -0.05) is 26.8 Å². The standard InChI is InChI=1S/C11H23N3O.HI/c1-6-7-13-10(12)14-8-9(15-5)11(2,3)4;/h6,9H,1,7-8H2,2-5H3,(H3,12,13,14);1H. The lowest BCUT2D eigenvalue weighted by Crippen LogP contribution is -2.35. The van der Waals surface area contributed by atoms with E-state index in [-0.39, 0.29) is 35.5 Å². The van der Waals surface area contributed by atoms with Crippen LogP contribution >= 0.6 is 24.0 Å². The molecule has 0 bridgehead atoms. The minimum Gasteiger partial charge on any atom is -0.379 e. The van der Waals surface area contributed by atoms with Crippen molar-refractivity contribution >= 4 is 29.9 Å². The van der Waals surface area contributed by atoms with E-state index in [0.717, 1.165) is 0 Å². The fourth-order valence-electron chi connectivity index (χ4n) is 1.12. The van der Waals surface area contributed by atoms with Crippen LogP contribution in [0.4, 0.5) is 0 Å². The number of methoxy groups -OCH3 is 1. The van der Waals surface area contributed by atoms with Gasteiger partial charge in [-0.25, -0.2) is 0 Å². The van der Waals surface area contributed by atoms with Gasteiger partial charge in [-0.05, 0) is 5.41 Å². The van der Waals surface area contributed by atoms with E-state index >= 15 is 0 Å². The zero-order chi connectivity index (χ0) is 11.9. The molecule has 3 N–H and O–H groups in total. The van der Waals surface area contributed by atoms with E-state index in [9.17, 15) is 0 Å². The van der Waals surface area contributed by atoms with Crippen LogP contribution in [-0.4, -0.2) is 32.3 Å². The Morgan fingerprint density at radius 3 is 2.50 bits per heavy atom. The summed E-state index contributed by atoms with van der Waals surface area (Å²) in [6.45, 7) is 11.1. The lowest BCUT2D eigenvalue weighted by Gasteiger charge is -2.27. The second kappa shape index (κ2) is 8.81. The van der Waals surface area contributed by atoms with E-state index in [1.54, 1.807) is 13.2 Å². The summed E-state index contributed by atoms with van der Waals surface area (Å²) < 4.78 is 5.36. The highest BCUT2D eigenvalue weighted by Crippen LogP contribution is 2.21. The molecule has 0 aliphatic carbocycles. The van der Waals surface area contributed by atoms with Crippen LogP contribution in [0, 0.1) is 5.41 Å². The summed E-state index contributed by atoms with van der Waals surface area (Å²) in [4.78, 5) is 4.21. The summed E-state index contributed by atoms with van der Waals surface area (Å²) in [5.74, 6) is 0.432. The zero-order valence-corrected chi connectivity index (χ0v) is 12.9. The Morgan fingerprint density at radius 1 is 1.56 bits per heavy atom. The molecule has 0 heterocycles. The van der Waals surface area contributed by atoms with Crippen LogP contribution in [0.5, 0.6) is 0 Å². The second-order valence-corrected chi connectivity index (χ2v) is 4.49. The van der Waals surface area contributed by atoms with E-state index in [1.165, 1.54) is 0 Å². The summed E-state index contributed by atoms with van der Waals surface area (Å²) in [6, 6.07) is 0. The molecule has 16 heavy (non-hydrogen) atoms. The van der Waals surface area contributed by atoms with E-state index < -0.39 is 0 Å². The van der Waals surface area contributed by atoms with Crippen LogP contribution in [0.15, 0.2) is 17.6 Å². The Balaban J connectivity index is 0. The topological polar surface area (TPSA) is 59.6 Å². The first-order chi connectivity index (χ1) is 6.91. The monoisotopic (exact) mass is 341 g/mol. The molecule has 0 amide bonds. The first-order valence-corrected chi connectivity index (χ1v) is 5.09. The van der Waals surface area contributed by atoms with Gasteiger partial charge in [0.1, 0.15) is 0 Å². The zero-order valence-electron chi connectivity index (χ0n) is 10.6. The van der Waals surface area contributed by atoms with Crippen molar-refractivity contribution in [3.63, 3.8) is 0 Å². The van der Waals surface area contributed by atoms with Crippen molar-refractivity contribution < 1.29 is 4.74 Å². The molecule has 0 rings (SSSR count). The van der Waals surface area contributed by atoms with E-state index in [2.05, 4.69) is 37.7 Å². The van der Waals surface area contributed by atoms with Crippen LogP contribution in [0.25, 0.3) is 0 Å². The van der Waals surface area contributed by atoms with Crippen molar-refractivity contribution in [1.29, 1.82) is 0 Å². The number of nitrogens with one attached hydrogen (secondary N) is 1. The smallest absolute Gasteiger partial charge is 0.188 e. The van der Waals surface area contributed by atoms with E-state index in [0.29, 0.717) is 19.0 Å². The van der Waals surface area contributed by atoms with Gasteiger partial charge in [0.05, 0.1) is 12.6 Å². The van der Waals surface area contributed by atoms with Crippen molar-refractivity contribution in [1.82, 2.24) is 5.32 Å². The minimum atomic E-state index is 0. The SMILES string of the molecule is C=CCNC(N)=NCC(OC)C(C)(C)C.I. The number of rotatable bonds is 5. The molecule has 4 nitrogen and oxygen atoms in total. The normalized spacial score (nSPS) is 13.9. The Morgan fingerprint density at radius 2 is 2.12 bits per heavy atom. The van der Waals surface area contributed by atoms with Crippen molar-refractivity contribution in [3.05, 3.63) is 12.7 Å². The lowest BCUT2D eigenvalue weighted by molar-refractivity contribution is 0.0241. The molecule has 1 unspecified atom stereocenters. The number of guanidine groups is 1. The van der Waals surface area contributed by atoms with Gasteiger partial charge in [-0.2, -0.15) is 0 Å². The summed E-state index contributed by atoms with van der Waals surface area (Å²) in [7, 11) is 1.69. The number of nitrogens with two attached hydrogens (primary N) is 1. The average molecular weight is 341 g/mol. The highest BCUT2D eigenvalue weighted by atomic mass is 127. The van der Waals surface area contributed by atoms with Gasteiger partial charge in [0.15, 0.2) is 5.96 Å². The number of nitrogens with zero attached hydrogens (tertiary/aromatic N) is 1. The summed E-state index contributed by atoms with van der Waals surface area (Å²) in [5.41, 5.74) is 5.71. The quantitative estimate of drug-likeness (QED) is 0.347. The Hall–Kier alpha value is -0.300. The third-order valence-electron chi connectivity index (χ3n) is 2.11. The molecule has 0 aliphatic heterocycles. The highest BCUT2D eigenvalue weighted by Gasteiger charge is 2.23. The van der Waals surface area contributed by atoms with Crippen molar-refractivity contribution in [3.8, 4) is 0 Å². The number of ether oxygens (including phenoxy) is 1. The van der Waals surface area contributed by atoms with Crippen LogP contribution in [-0.2, 0) is 4.74 Å². The Bertz CT molecular complexity index is 224. The van der Waals surface area contributed by atoms with Gasteiger partial charge >= 0.3 is 0 Å². The molecule has 0 saturated heterocycles.